The molecule has 0 spiro atoms. The number of aliphatic hydroxyl groups is 2. The van der Waals surface area contributed by atoms with E-state index in [-0.39, 0.29) is 0 Å². The standard InChI is InChI=1S/C8H3F13O4/c9-1(10)2(11)24-8(20,21)5(14,6(15,16)17)25-7(18,19)4(12,13)3(22)23/h3,22-23H. The zero-order valence-corrected chi connectivity index (χ0v) is 10.7. The second kappa shape index (κ2) is 6.67. The van der Waals surface area contributed by atoms with Crippen LogP contribution in [0.5, 0.6) is 0 Å². The predicted octanol–water partition coefficient (Wildman–Crippen LogP) is 3.41. The summed E-state index contributed by atoms with van der Waals surface area (Å²) in [5, 5.41) is 15.8. The molecule has 0 aliphatic rings. The van der Waals surface area contributed by atoms with E-state index in [1.54, 1.807) is 4.74 Å². The minimum absolute atomic E-state index is 1.66. The first-order valence-electron chi connectivity index (χ1n) is 5.08. The van der Waals surface area contributed by atoms with Crippen LogP contribution < -0.4 is 0 Å². The van der Waals surface area contributed by atoms with Gasteiger partial charge in [-0.1, -0.05) is 0 Å². The summed E-state index contributed by atoms with van der Waals surface area (Å²) in [7, 11) is 0. The molecule has 1 unspecified atom stereocenters. The van der Waals surface area contributed by atoms with Gasteiger partial charge in [-0.3, -0.25) is 4.74 Å². The average Bonchev–Trinajstić information content (AvgIpc) is 2.35. The first-order chi connectivity index (χ1) is 10.7. The summed E-state index contributed by atoms with van der Waals surface area (Å²) in [4.78, 5) is 0. The molecule has 25 heavy (non-hydrogen) atoms. The van der Waals surface area contributed by atoms with Gasteiger partial charge in [0.1, 0.15) is 0 Å². The van der Waals surface area contributed by atoms with Crippen molar-refractivity contribution in [2.24, 2.45) is 0 Å². The lowest BCUT2D eigenvalue weighted by Crippen LogP contribution is -2.64. The first kappa shape index (κ1) is 23.5. The van der Waals surface area contributed by atoms with Gasteiger partial charge in [-0.25, -0.2) is 0 Å². The molecule has 150 valence electrons. The number of halogens is 13. The van der Waals surface area contributed by atoms with Crippen LogP contribution in [0.3, 0.4) is 0 Å². The molecule has 2 N–H and O–H groups in total. The van der Waals surface area contributed by atoms with Crippen molar-refractivity contribution in [3.05, 3.63) is 12.1 Å². The lowest BCUT2D eigenvalue weighted by Gasteiger charge is -2.37. The highest BCUT2D eigenvalue weighted by Crippen LogP contribution is 2.52. The molecular formula is C8H3F13O4. The Labute approximate surface area is 127 Å². The topological polar surface area (TPSA) is 58.9 Å². The van der Waals surface area contributed by atoms with Crippen molar-refractivity contribution in [3.8, 4) is 0 Å². The fourth-order valence-corrected chi connectivity index (χ4v) is 0.894. The number of rotatable bonds is 7. The van der Waals surface area contributed by atoms with Crippen LogP contribution in [-0.4, -0.2) is 46.7 Å². The van der Waals surface area contributed by atoms with Gasteiger partial charge < -0.3 is 14.9 Å². The molecule has 0 rings (SSSR count). The molecule has 0 aliphatic heterocycles. The number of ether oxygens (including phenoxy) is 2. The summed E-state index contributed by atoms with van der Waals surface area (Å²) in [6.07, 6.45) is -30.0. The fraction of sp³-hybridized carbons (Fsp3) is 0.750. The largest absolute Gasteiger partial charge is 0.471 e. The Morgan fingerprint density at radius 3 is 1.40 bits per heavy atom. The van der Waals surface area contributed by atoms with Crippen molar-refractivity contribution in [2.45, 2.75) is 36.5 Å². The molecule has 0 fully saturated rings. The van der Waals surface area contributed by atoms with Crippen LogP contribution >= 0.6 is 0 Å². The van der Waals surface area contributed by atoms with E-state index in [1.165, 1.54) is 0 Å². The van der Waals surface area contributed by atoms with Crippen LogP contribution in [0.1, 0.15) is 0 Å². The number of aliphatic hydroxyl groups excluding tert-OH is 1. The maximum absolute atomic E-state index is 13.4. The molecule has 0 heterocycles. The van der Waals surface area contributed by atoms with E-state index in [0.717, 1.165) is 0 Å². The average molecular weight is 410 g/mol. The summed E-state index contributed by atoms with van der Waals surface area (Å²) in [6.45, 7) is 0. The monoisotopic (exact) mass is 410 g/mol. The first-order valence-corrected chi connectivity index (χ1v) is 5.08. The third-order valence-electron chi connectivity index (χ3n) is 2.09. The van der Waals surface area contributed by atoms with Crippen molar-refractivity contribution in [1.82, 2.24) is 0 Å². The van der Waals surface area contributed by atoms with Crippen LogP contribution in [0, 0.1) is 0 Å². The zero-order chi connectivity index (χ0) is 20.6. The van der Waals surface area contributed by atoms with Crippen LogP contribution in [0.4, 0.5) is 57.1 Å². The van der Waals surface area contributed by atoms with Gasteiger partial charge in [0.05, 0.1) is 0 Å². The Bertz CT molecular complexity index is 509. The van der Waals surface area contributed by atoms with Crippen LogP contribution in [-0.2, 0) is 9.47 Å². The van der Waals surface area contributed by atoms with Crippen LogP contribution in [0.2, 0.25) is 0 Å². The number of hydrogen-bond donors (Lipinski definition) is 2. The fourth-order valence-electron chi connectivity index (χ4n) is 0.894. The van der Waals surface area contributed by atoms with Gasteiger partial charge in [0.15, 0.2) is 0 Å². The Morgan fingerprint density at radius 2 is 1.12 bits per heavy atom. The van der Waals surface area contributed by atoms with Gasteiger partial charge in [0, 0.05) is 0 Å². The quantitative estimate of drug-likeness (QED) is 0.384. The van der Waals surface area contributed by atoms with Gasteiger partial charge in [0.2, 0.25) is 6.29 Å². The molecule has 0 saturated carbocycles. The third kappa shape index (κ3) is 4.38. The highest BCUT2D eigenvalue weighted by atomic mass is 19.4. The van der Waals surface area contributed by atoms with E-state index in [4.69, 9.17) is 10.2 Å². The molecule has 17 heteroatoms. The molecule has 4 nitrogen and oxygen atoms in total. The van der Waals surface area contributed by atoms with E-state index >= 15 is 0 Å². The van der Waals surface area contributed by atoms with Crippen molar-refractivity contribution in [3.63, 3.8) is 0 Å². The molecule has 0 aromatic carbocycles. The maximum atomic E-state index is 13.4. The van der Waals surface area contributed by atoms with E-state index in [2.05, 4.69) is 0 Å². The molecule has 0 amide bonds. The van der Waals surface area contributed by atoms with Crippen molar-refractivity contribution >= 4 is 0 Å². The smallest absolute Gasteiger partial charge is 0.398 e. The Kier molecular flexibility index (Phi) is 6.27. The molecule has 0 radical (unpaired) electrons. The van der Waals surface area contributed by atoms with Crippen LogP contribution in [0.15, 0.2) is 12.1 Å². The summed E-state index contributed by atoms with van der Waals surface area (Å²) in [5.41, 5.74) is 0. The van der Waals surface area contributed by atoms with E-state index in [1.807, 2.05) is 4.74 Å². The van der Waals surface area contributed by atoms with E-state index in [0.29, 0.717) is 0 Å². The maximum Gasteiger partial charge on any atom is 0.471 e. The molecule has 1 atom stereocenters. The number of hydrogen-bond acceptors (Lipinski definition) is 4. The van der Waals surface area contributed by atoms with Gasteiger partial charge >= 0.3 is 42.3 Å². The van der Waals surface area contributed by atoms with Gasteiger partial charge in [-0.15, -0.1) is 0 Å². The molecule has 0 aliphatic carbocycles. The minimum atomic E-state index is -7.40. The second-order valence-electron chi connectivity index (χ2n) is 3.86. The van der Waals surface area contributed by atoms with E-state index < -0.39 is 48.6 Å². The van der Waals surface area contributed by atoms with Crippen molar-refractivity contribution < 1.29 is 76.8 Å². The van der Waals surface area contributed by atoms with Crippen molar-refractivity contribution in [2.75, 3.05) is 0 Å². The van der Waals surface area contributed by atoms with Crippen molar-refractivity contribution in [1.29, 1.82) is 0 Å². The molecule has 0 aromatic rings. The van der Waals surface area contributed by atoms with Crippen LogP contribution in [0.25, 0.3) is 0 Å². The normalized spacial score (nSPS) is 16.6. The molecular weight excluding hydrogens is 407 g/mol. The van der Waals surface area contributed by atoms with Gasteiger partial charge in [-0.2, -0.15) is 57.1 Å². The van der Waals surface area contributed by atoms with E-state index in [9.17, 15) is 57.1 Å². The molecule has 0 bridgehead atoms. The highest BCUT2D eigenvalue weighted by molar-refractivity contribution is 4.94. The Morgan fingerprint density at radius 1 is 0.720 bits per heavy atom. The summed E-state index contributed by atoms with van der Waals surface area (Å²) in [6, 6.07) is -3.88. The number of alkyl halides is 10. The van der Waals surface area contributed by atoms with Gasteiger partial charge in [0.25, 0.3) is 0 Å². The SMILES string of the molecule is OC(O)C(F)(F)C(F)(F)OC(F)(C(F)(F)F)C(F)(F)OC(F)=C(F)F. The molecule has 0 aromatic heterocycles. The lowest BCUT2D eigenvalue weighted by molar-refractivity contribution is -0.524. The lowest BCUT2D eigenvalue weighted by atomic mass is 10.2. The minimum Gasteiger partial charge on any atom is -0.398 e. The summed E-state index contributed by atoms with van der Waals surface area (Å²) in [5.74, 6) is -13.8. The second-order valence-corrected chi connectivity index (χ2v) is 3.86. The molecule has 0 saturated heterocycles. The third-order valence-corrected chi connectivity index (χ3v) is 2.09. The summed E-state index contributed by atoms with van der Waals surface area (Å²) >= 11 is 0. The predicted molar refractivity (Wildman–Crippen MR) is 45.5 cm³/mol. The zero-order valence-electron chi connectivity index (χ0n) is 10.7. The summed E-state index contributed by atoms with van der Waals surface area (Å²) < 4.78 is 166. The Balaban J connectivity index is 6.15. The highest BCUT2D eigenvalue weighted by Gasteiger charge is 2.81. The Hall–Kier alpha value is -1.49. The van der Waals surface area contributed by atoms with Gasteiger partial charge in [-0.05, 0) is 0 Å².